The summed E-state index contributed by atoms with van der Waals surface area (Å²) in [6.07, 6.45) is -1.81. The molecule has 1 fully saturated rings. The number of halogens is 3. The molecule has 0 radical (unpaired) electrons. The van der Waals surface area contributed by atoms with E-state index in [1.165, 1.54) is 11.6 Å². The Kier molecular flexibility index (Phi) is 4.54. The summed E-state index contributed by atoms with van der Waals surface area (Å²) in [4.78, 5) is 0. The van der Waals surface area contributed by atoms with Crippen LogP contribution >= 0.6 is 0 Å². The van der Waals surface area contributed by atoms with Crippen molar-refractivity contribution in [2.24, 2.45) is 5.92 Å². The van der Waals surface area contributed by atoms with Gasteiger partial charge in [0.25, 0.3) is 0 Å². The summed E-state index contributed by atoms with van der Waals surface area (Å²) in [5.74, 6) is 1.14. The molecule has 1 atom stereocenters. The van der Waals surface area contributed by atoms with Crippen LogP contribution in [0.15, 0.2) is 54.6 Å². The van der Waals surface area contributed by atoms with Crippen molar-refractivity contribution in [1.29, 1.82) is 5.26 Å². The van der Waals surface area contributed by atoms with Gasteiger partial charge in [-0.25, -0.2) is 0 Å². The fourth-order valence-electron chi connectivity index (χ4n) is 2.75. The maximum Gasteiger partial charge on any atom is 0.417 e. The SMILES string of the molecule is C=C1CC1CCc1ccccc1Oc1ccc(C#N)c(C(F)(F)F)c1. The van der Waals surface area contributed by atoms with E-state index in [4.69, 9.17) is 10.00 Å². The Labute approximate surface area is 144 Å². The van der Waals surface area contributed by atoms with Crippen LogP contribution < -0.4 is 4.74 Å². The monoisotopic (exact) mass is 343 g/mol. The predicted molar refractivity (Wildman–Crippen MR) is 88.2 cm³/mol. The normalized spacial score (nSPS) is 16.4. The zero-order valence-electron chi connectivity index (χ0n) is 13.4. The van der Waals surface area contributed by atoms with Gasteiger partial charge in [-0.2, -0.15) is 18.4 Å². The predicted octanol–water partition coefficient (Wildman–Crippen LogP) is 5.88. The van der Waals surface area contributed by atoms with Gasteiger partial charge >= 0.3 is 6.18 Å². The summed E-state index contributed by atoms with van der Waals surface area (Å²) in [7, 11) is 0. The minimum atomic E-state index is -4.60. The molecule has 1 aliphatic rings. The Morgan fingerprint density at radius 3 is 2.56 bits per heavy atom. The quantitative estimate of drug-likeness (QED) is 0.635. The molecule has 0 spiro atoms. The summed E-state index contributed by atoms with van der Waals surface area (Å²) in [5, 5.41) is 8.86. The first kappa shape index (κ1) is 17.1. The molecule has 1 unspecified atom stereocenters. The summed E-state index contributed by atoms with van der Waals surface area (Å²) in [6, 6.07) is 12.3. The number of alkyl halides is 3. The average Bonchev–Trinajstić information content (AvgIpc) is 3.28. The van der Waals surface area contributed by atoms with Crippen LogP contribution in [0.25, 0.3) is 0 Å². The van der Waals surface area contributed by atoms with Crippen molar-refractivity contribution in [3.05, 3.63) is 71.3 Å². The van der Waals surface area contributed by atoms with E-state index in [0.717, 1.165) is 37.0 Å². The Morgan fingerprint density at radius 1 is 1.20 bits per heavy atom. The summed E-state index contributed by atoms with van der Waals surface area (Å²) >= 11 is 0. The van der Waals surface area contributed by atoms with Gasteiger partial charge in [0.15, 0.2) is 0 Å². The fraction of sp³-hybridized carbons (Fsp3) is 0.250. The highest BCUT2D eigenvalue weighted by Gasteiger charge is 2.34. The van der Waals surface area contributed by atoms with Crippen LogP contribution in [0.3, 0.4) is 0 Å². The van der Waals surface area contributed by atoms with E-state index >= 15 is 0 Å². The van der Waals surface area contributed by atoms with E-state index in [0.29, 0.717) is 11.7 Å². The first-order chi connectivity index (χ1) is 11.9. The third-order valence-corrected chi connectivity index (χ3v) is 4.31. The molecule has 1 saturated carbocycles. The summed E-state index contributed by atoms with van der Waals surface area (Å²) in [5.41, 5.74) is 0.792. The van der Waals surface area contributed by atoms with Crippen LogP contribution in [-0.4, -0.2) is 0 Å². The van der Waals surface area contributed by atoms with Crippen molar-refractivity contribution >= 4 is 0 Å². The van der Waals surface area contributed by atoms with Crippen LogP contribution in [0, 0.1) is 17.2 Å². The number of ether oxygens (including phenoxy) is 1. The molecule has 0 aromatic heterocycles. The van der Waals surface area contributed by atoms with Crippen LogP contribution in [0.4, 0.5) is 13.2 Å². The molecule has 128 valence electrons. The zero-order chi connectivity index (χ0) is 18.0. The van der Waals surface area contributed by atoms with Crippen LogP contribution in [0.1, 0.15) is 29.5 Å². The second kappa shape index (κ2) is 6.64. The summed E-state index contributed by atoms with van der Waals surface area (Å²) in [6.45, 7) is 3.94. The molecule has 0 bridgehead atoms. The van der Waals surface area contributed by atoms with E-state index in [2.05, 4.69) is 6.58 Å². The average molecular weight is 343 g/mol. The molecule has 0 amide bonds. The van der Waals surface area contributed by atoms with Crippen molar-refractivity contribution in [2.75, 3.05) is 0 Å². The lowest BCUT2D eigenvalue weighted by Gasteiger charge is -2.14. The number of nitrogens with zero attached hydrogens (tertiary/aromatic N) is 1. The van der Waals surface area contributed by atoms with Crippen molar-refractivity contribution in [3.63, 3.8) is 0 Å². The van der Waals surface area contributed by atoms with Gasteiger partial charge < -0.3 is 4.74 Å². The first-order valence-electron chi connectivity index (χ1n) is 7.93. The second-order valence-electron chi connectivity index (χ2n) is 6.12. The molecule has 0 heterocycles. The lowest BCUT2D eigenvalue weighted by Crippen LogP contribution is -2.08. The maximum atomic E-state index is 13.1. The number of para-hydroxylation sites is 1. The number of benzene rings is 2. The molecular weight excluding hydrogens is 327 g/mol. The Hall–Kier alpha value is -2.74. The number of rotatable bonds is 5. The van der Waals surface area contributed by atoms with E-state index < -0.39 is 17.3 Å². The van der Waals surface area contributed by atoms with E-state index in [1.807, 2.05) is 12.1 Å². The standard InChI is InChI=1S/C20H16F3NO/c1-13-10-15(13)7-6-14-4-2-3-5-19(14)25-17-9-8-16(12-24)18(11-17)20(21,22)23/h2-5,8-9,11,15H,1,6-7,10H2. The van der Waals surface area contributed by atoms with Gasteiger partial charge in [0, 0.05) is 0 Å². The lowest BCUT2D eigenvalue weighted by atomic mass is 10.1. The van der Waals surface area contributed by atoms with Gasteiger partial charge in [-0.05, 0) is 55.0 Å². The number of aryl methyl sites for hydroxylation is 1. The van der Waals surface area contributed by atoms with Crippen LogP contribution in [-0.2, 0) is 12.6 Å². The highest BCUT2D eigenvalue weighted by Crippen LogP contribution is 2.40. The van der Waals surface area contributed by atoms with E-state index in [-0.39, 0.29) is 5.75 Å². The Balaban J connectivity index is 1.83. The topological polar surface area (TPSA) is 33.0 Å². The van der Waals surface area contributed by atoms with Gasteiger partial charge in [0.2, 0.25) is 0 Å². The maximum absolute atomic E-state index is 13.1. The highest BCUT2D eigenvalue weighted by molar-refractivity contribution is 5.46. The Morgan fingerprint density at radius 2 is 1.92 bits per heavy atom. The van der Waals surface area contributed by atoms with Crippen molar-refractivity contribution < 1.29 is 17.9 Å². The lowest BCUT2D eigenvalue weighted by molar-refractivity contribution is -0.137. The van der Waals surface area contributed by atoms with Gasteiger partial charge in [-0.15, -0.1) is 0 Å². The molecule has 5 heteroatoms. The molecule has 3 rings (SSSR count). The van der Waals surface area contributed by atoms with Gasteiger partial charge in [0.05, 0.1) is 17.2 Å². The molecule has 0 N–H and O–H groups in total. The third kappa shape index (κ3) is 4.03. The van der Waals surface area contributed by atoms with Crippen molar-refractivity contribution in [1.82, 2.24) is 0 Å². The number of hydrogen-bond acceptors (Lipinski definition) is 2. The van der Waals surface area contributed by atoms with Gasteiger partial charge in [-0.3, -0.25) is 0 Å². The second-order valence-corrected chi connectivity index (χ2v) is 6.12. The number of allylic oxidation sites excluding steroid dienone is 1. The molecule has 2 aromatic rings. The van der Waals surface area contributed by atoms with E-state index in [1.54, 1.807) is 18.2 Å². The largest absolute Gasteiger partial charge is 0.457 e. The smallest absolute Gasteiger partial charge is 0.417 e. The molecule has 25 heavy (non-hydrogen) atoms. The Bertz CT molecular complexity index is 849. The molecule has 0 aliphatic heterocycles. The number of nitriles is 1. The van der Waals surface area contributed by atoms with E-state index in [9.17, 15) is 13.2 Å². The first-order valence-corrected chi connectivity index (χ1v) is 7.93. The van der Waals surface area contributed by atoms with Crippen LogP contribution in [0.2, 0.25) is 0 Å². The van der Waals surface area contributed by atoms with Gasteiger partial charge in [-0.1, -0.05) is 30.4 Å². The number of hydrogen-bond donors (Lipinski definition) is 0. The molecule has 0 saturated heterocycles. The van der Waals surface area contributed by atoms with Crippen LogP contribution in [0.5, 0.6) is 11.5 Å². The molecule has 1 aliphatic carbocycles. The zero-order valence-corrected chi connectivity index (χ0v) is 13.4. The highest BCUT2D eigenvalue weighted by atomic mass is 19.4. The van der Waals surface area contributed by atoms with Crippen molar-refractivity contribution in [3.8, 4) is 17.6 Å². The summed E-state index contributed by atoms with van der Waals surface area (Å²) < 4.78 is 44.9. The molecular formula is C20H16F3NO. The fourth-order valence-corrected chi connectivity index (χ4v) is 2.75. The third-order valence-electron chi connectivity index (χ3n) is 4.31. The minimum Gasteiger partial charge on any atom is -0.457 e. The molecule has 2 nitrogen and oxygen atoms in total. The van der Waals surface area contributed by atoms with Crippen molar-refractivity contribution in [2.45, 2.75) is 25.4 Å². The molecule has 2 aromatic carbocycles. The minimum absolute atomic E-state index is 0.0645. The van der Waals surface area contributed by atoms with Gasteiger partial charge in [0.1, 0.15) is 11.5 Å².